The van der Waals surface area contributed by atoms with E-state index in [0.29, 0.717) is 0 Å². The third-order valence-electron chi connectivity index (χ3n) is 2.35. The Balaban J connectivity index is 2.77. The van der Waals surface area contributed by atoms with Crippen LogP contribution in [0.3, 0.4) is 0 Å². The smallest absolute Gasteiger partial charge is 0.316 e. The van der Waals surface area contributed by atoms with Crippen LogP contribution < -0.4 is 4.74 Å². The topological polar surface area (TPSA) is 92.9 Å². The van der Waals surface area contributed by atoms with E-state index in [4.69, 9.17) is 10.00 Å². The maximum Gasteiger partial charge on any atom is 0.316 e. The van der Waals surface area contributed by atoms with Crippen molar-refractivity contribution in [1.29, 1.82) is 5.26 Å². The highest BCUT2D eigenvalue weighted by molar-refractivity contribution is 5.99. The van der Waals surface area contributed by atoms with E-state index in [1.165, 1.54) is 26.4 Å². The molecule has 0 fully saturated rings. The molecule has 0 radical (unpaired) electrons. The van der Waals surface area contributed by atoms with Crippen LogP contribution in [0.1, 0.15) is 30.1 Å². The molecular formula is C12H13N3O3. The molecule has 1 aromatic heterocycles. The summed E-state index contributed by atoms with van der Waals surface area (Å²) in [6.07, 6.45) is 3.05. The van der Waals surface area contributed by atoms with Crippen LogP contribution in [-0.4, -0.2) is 28.6 Å². The van der Waals surface area contributed by atoms with E-state index in [-0.39, 0.29) is 36.0 Å². The van der Waals surface area contributed by atoms with Gasteiger partial charge in [0.15, 0.2) is 5.78 Å². The highest BCUT2D eigenvalue weighted by Crippen LogP contribution is 2.14. The van der Waals surface area contributed by atoms with Gasteiger partial charge in [-0.1, -0.05) is 0 Å². The molecule has 1 heterocycles. The fourth-order valence-corrected chi connectivity index (χ4v) is 1.35. The number of carbonyl (C=O) groups excluding carboxylic acids is 2. The van der Waals surface area contributed by atoms with Crippen molar-refractivity contribution in [2.24, 2.45) is 5.92 Å². The van der Waals surface area contributed by atoms with Gasteiger partial charge in [0, 0.05) is 18.8 Å². The Hall–Kier alpha value is -2.29. The second-order valence-corrected chi connectivity index (χ2v) is 3.75. The van der Waals surface area contributed by atoms with E-state index >= 15 is 0 Å². The summed E-state index contributed by atoms with van der Waals surface area (Å²) in [6.45, 7) is 1.43. The van der Waals surface area contributed by atoms with Crippen molar-refractivity contribution < 1.29 is 14.3 Å². The number of hydrogen-bond donors (Lipinski definition) is 0. The Morgan fingerprint density at radius 3 is 2.50 bits per heavy atom. The number of hydrogen-bond acceptors (Lipinski definition) is 6. The van der Waals surface area contributed by atoms with Gasteiger partial charge in [0.2, 0.25) is 0 Å². The molecule has 1 unspecified atom stereocenters. The van der Waals surface area contributed by atoms with Gasteiger partial charge < -0.3 is 9.53 Å². The summed E-state index contributed by atoms with van der Waals surface area (Å²) in [6, 6.07) is 2.05. The Kier molecular flexibility index (Phi) is 4.93. The number of rotatable bonds is 6. The summed E-state index contributed by atoms with van der Waals surface area (Å²) in [4.78, 5) is 30.4. The lowest BCUT2D eigenvalue weighted by Gasteiger charge is -2.06. The van der Waals surface area contributed by atoms with Gasteiger partial charge >= 0.3 is 6.01 Å². The predicted molar refractivity (Wildman–Crippen MR) is 61.9 cm³/mol. The molecule has 0 aliphatic rings. The number of Topliss-reactive ketones (excluding diaryl/α,β-unsaturated/α-hetero) is 2. The fraction of sp³-hybridized carbons (Fsp3) is 0.417. The number of aromatic nitrogens is 2. The molecule has 0 aliphatic heterocycles. The third kappa shape index (κ3) is 3.63. The van der Waals surface area contributed by atoms with Crippen molar-refractivity contribution in [3.63, 3.8) is 0 Å². The molecule has 6 nitrogen and oxygen atoms in total. The van der Waals surface area contributed by atoms with Gasteiger partial charge in [-0.3, -0.25) is 4.79 Å². The van der Waals surface area contributed by atoms with Crippen LogP contribution in [0.4, 0.5) is 0 Å². The molecule has 0 bridgehead atoms. The Labute approximate surface area is 105 Å². The Bertz CT molecular complexity index is 476. The first-order chi connectivity index (χ1) is 8.58. The van der Waals surface area contributed by atoms with Gasteiger partial charge in [-0.2, -0.15) is 5.26 Å². The van der Waals surface area contributed by atoms with Crippen molar-refractivity contribution in [2.45, 2.75) is 19.8 Å². The Morgan fingerprint density at radius 2 is 2.06 bits per heavy atom. The molecule has 0 saturated carbocycles. The standard InChI is InChI=1S/C12H13N3O3/c1-8(16)3-4-9(5-13)11(17)10-6-14-12(18-2)15-7-10/h6-7,9H,3-4H2,1-2H3. The number of nitriles is 1. The molecule has 1 atom stereocenters. The lowest BCUT2D eigenvalue weighted by Crippen LogP contribution is -2.15. The van der Waals surface area contributed by atoms with Crippen LogP contribution in [-0.2, 0) is 4.79 Å². The predicted octanol–water partition coefficient (Wildman–Crippen LogP) is 1.18. The van der Waals surface area contributed by atoms with E-state index in [9.17, 15) is 9.59 Å². The van der Waals surface area contributed by atoms with Gasteiger partial charge in [0.25, 0.3) is 0 Å². The SMILES string of the molecule is COc1ncc(C(=O)C(C#N)CCC(C)=O)cn1. The minimum atomic E-state index is -0.842. The molecular weight excluding hydrogens is 234 g/mol. The second kappa shape index (κ2) is 6.45. The van der Waals surface area contributed by atoms with Crippen molar-refractivity contribution in [1.82, 2.24) is 9.97 Å². The van der Waals surface area contributed by atoms with Crippen LogP contribution in [0.15, 0.2) is 12.4 Å². The first-order valence-electron chi connectivity index (χ1n) is 5.37. The minimum Gasteiger partial charge on any atom is -0.467 e. The summed E-state index contributed by atoms with van der Waals surface area (Å²) in [5.74, 6) is -1.26. The summed E-state index contributed by atoms with van der Waals surface area (Å²) >= 11 is 0. The molecule has 6 heteroatoms. The van der Waals surface area contributed by atoms with Gasteiger partial charge in [-0.25, -0.2) is 9.97 Å². The lowest BCUT2D eigenvalue weighted by molar-refractivity contribution is -0.117. The quantitative estimate of drug-likeness (QED) is 0.700. The fourth-order valence-electron chi connectivity index (χ4n) is 1.35. The van der Waals surface area contributed by atoms with E-state index in [2.05, 4.69) is 9.97 Å². The zero-order chi connectivity index (χ0) is 13.5. The van der Waals surface area contributed by atoms with E-state index in [1.54, 1.807) is 0 Å². The van der Waals surface area contributed by atoms with Crippen molar-refractivity contribution in [3.8, 4) is 12.1 Å². The molecule has 1 aromatic rings. The molecule has 18 heavy (non-hydrogen) atoms. The minimum absolute atomic E-state index is 0.0472. The summed E-state index contributed by atoms with van der Waals surface area (Å²) in [7, 11) is 1.42. The highest BCUT2D eigenvalue weighted by Gasteiger charge is 2.20. The third-order valence-corrected chi connectivity index (χ3v) is 2.35. The first kappa shape index (κ1) is 13.8. The van der Waals surface area contributed by atoms with E-state index < -0.39 is 5.92 Å². The van der Waals surface area contributed by atoms with Crippen molar-refractivity contribution >= 4 is 11.6 Å². The average molecular weight is 247 g/mol. The number of carbonyl (C=O) groups is 2. The van der Waals surface area contributed by atoms with Crippen LogP contribution >= 0.6 is 0 Å². The van der Waals surface area contributed by atoms with Crippen molar-refractivity contribution in [3.05, 3.63) is 18.0 Å². The number of nitrogens with zero attached hydrogens (tertiary/aromatic N) is 3. The molecule has 0 amide bonds. The molecule has 0 saturated heterocycles. The number of ketones is 2. The zero-order valence-electron chi connectivity index (χ0n) is 10.2. The molecule has 0 spiro atoms. The number of methoxy groups -OCH3 is 1. The van der Waals surface area contributed by atoms with Gasteiger partial charge in [0.1, 0.15) is 11.7 Å². The normalized spacial score (nSPS) is 11.4. The van der Waals surface area contributed by atoms with Gasteiger partial charge in [-0.05, 0) is 13.3 Å². The monoisotopic (exact) mass is 247 g/mol. The molecule has 94 valence electrons. The summed E-state index contributed by atoms with van der Waals surface area (Å²) in [5, 5.41) is 8.92. The first-order valence-corrected chi connectivity index (χ1v) is 5.37. The molecule has 0 aromatic carbocycles. The van der Waals surface area contributed by atoms with Crippen LogP contribution in [0.2, 0.25) is 0 Å². The second-order valence-electron chi connectivity index (χ2n) is 3.75. The van der Waals surface area contributed by atoms with E-state index in [0.717, 1.165) is 0 Å². The average Bonchev–Trinajstić information content (AvgIpc) is 2.39. The number of ether oxygens (including phenoxy) is 1. The lowest BCUT2D eigenvalue weighted by atomic mass is 9.95. The summed E-state index contributed by atoms with van der Waals surface area (Å²) < 4.78 is 4.77. The molecule has 1 rings (SSSR count). The molecule has 0 N–H and O–H groups in total. The van der Waals surface area contributed by atoms with Gasteiger partial charge in [-0.15, -0.1) is 0 Å². The van der Waals surface area contributed by atoms with Gasteiger partial charge in [0.05, 0.1) is 18.7 Å². The summed E-state index contributed by atoms with van der Waals surface area (Å²) in [5.41, 5.74) is 0.242. The van der Waals surface area contributed by atoms with E-state index in [1.807, 2.05) is 6.07 Å². The van der Waals surface area contributed by atoms with Crippen LogP contribution in [0, 0.1) is 17.2 Å². The molecule has 0 aliphatic carbocycles. The maximum absolute atomic E-state index is 11.9. The van der Waals surface area contributed by atoms with Crippen LogP contribution in [0.25, 0.3) is 0 Å². The van der Waals surface area contributed by atoms with Crippen LogP contribution in [0.5, 0.6) is 6.01 Å². The zero-order valence-corrected chi connectivity index (χ0v) is 10.2. The highest BCUT2D eigenvalue weighted by atomic mass is 16.5. The maximum atomic E-state index is 11.9. The Morgan fingerprint density at radius 1 is 1.44 bits per heavy atom. The van der Waals surface area contributed by atoms with Crippen molar-refractivity contribution in [2.75, 3.05) is 7.11 Å². The largest absolute Gasteiger partial charge is 0.467 e.